The molecule has 52 valence electrons. The molecule has 2 bridgehead atoms. The number of rotatable bonds is 0. The molecule has 2 heterocycles. The van der Waals surface area contributed by atoms with Crippen molar-refractivity contribution in [2.45, 2.75) is 31.4 Å². The summed E-state index contributed by atoms with van der Waals surface area (Å²) in [5.74, 6) is 0.769. The van der Waals surface area contributed by atoms with Crippen LogP contribution in [0.15, 0.2) is 0 Å². The fourth-order valence-corrected chi connectivity index (χ4v) is 1.97. The molecule has 0 aromatic heterocycles. The zero-order valence-electron chi connectivity index (χ0n) is 5.51. The van der Waals surface area contributed by atoms with Gasteiger partial charge in [-0.05, 0) is 31.7 Å². The van der Waals surface area contributed by atoms with Crippen molar-refractivity contribution in [2.75, 3.05) is 6.54 Å². The number of fused-ring (bicyclic) bond motifs is 3. The Balaban J connectivity index is 2.06. The fourth-order valence-electron chi connectivity index (χ4n) is 1.97. The standard InChI is InChI=1S/C7H13NO/c9-7-3-5-1-2-6(7)8-4-5/h5-9H,1-4H2/t5-,6+,7?/m1/s1. The maximum atomic E-state index is 9.34. The van der Waals surface area contributed by atoms with Crippen LogP contribution in [-0.2, 0) is 0 Å². The number of piperidine rings is 2. The summed E-state index contributed by atoms with van der Waals surface area (Å²) in [6.45, 7) is 1.14. The van der Waals surface area contributed by atoms with Gasteiger partial charge >= 0.3 is 0 Å². The third kappa shape index (κ3) is 0.864. The van der Waals surface area contributed by atoms with Gasteiger partial charge in [-0.1, -0.05) is 0 Å². The normalized spacial score (nSPS) is 49.7. The molecule has 0 amide bonds. The molecule has 2 heteroatoms. The topological polar surface area (TPSA) is 32.3 Å². The highest BCUT2D eigenvalue weighted by Crippen LogP contribution is 2.28. The molecule has 1 aliphatic carbocycles. The van der Waals surface area contributed by atoms with E-state index in [0.29, 0.717) is 6.04 Å². The number of nitrogens with one attached hydrogen (secondary N) is 1. The Morgan fingerprint density at radius 2 is 2.22 bits per heavy atom. The summed E-state index contributed by atoms with van der Waals surface area (Å²) in [5.41, 5.74) is 0. The van der Waals surface area contributed by atoms with Gasteiger partial charge in [-0.25, -0.2) is 0 Å². The fraction of sp³-hybridized carbons (Fsp3) is 1.00. The van der Waals surface area contributed by atoms with Gasteiger partial charge in [0, 0.05) is 6.04 Å². The lowest BCUT2D eigenvalue weighted by atomic mass is 9.80. The minimum Gasteiger partial charge on any atom is -0.391 e. The van der Waals surface area contributed by atoms with Crippen LogP contribution in [0.1, 0.15) is 19.3 Å². The van der Waals surface area contributed by atoms with E-state index in [2.05, 4.69) is 5.32 Å². The van der Waals surface area contributed by atoms with E-state index < -0.39 is 0 Å². The van der Waals surface area contributed by atoms with Crippen molar-refractivity contribution in [3.63, 3.8) is 0 Å². The van der Waals surface area contributed by atoms with Crippen molar-refractivity contribution >= 4 is 0 Å². The average molecular weight is 127 g/mol. The van der Waals surface area contributed by atoms with Crippen molar-refractivity contribution in [1.82, 2.24) is 5.32 Å². The predicted octanol–water partition coefficient (Wildman–Crippen LogP) is 0.119. The van der Waals surface area contributed by atoms with Crippen molar-refractivity contribution in [3.8, 4) is 0 Å². The molecule has 0 spiro atoms. The lowest BCUT2D eigenvalue weighted by Gasteiger charge is -2.40. The van der Waals surface area contributed by atoms with E-state index >= 15 is 0 Å². The second-order valence-electron chi connectivity index (χ2n) is 3.26. The van der Waals surface area contributed by atoms with Crippen LogP contribution in [0.5, 0.6) is 0 Å². The molecule has 2 aliphatic heterocycles. The van der Waals surface area contributed by atoms with Crippen LogP contribution in [0.25, 0.3) is 0 Å². The van der Waals surface area contributed by atoms with E-state index in [9.17, 15) is 5.11 Å². The summed E-state index contributed by atoms with van der Waals surface area (Å²) in [4.78, 5) is 0. The molecular formula is C7H13NO. The summed E-state index contributed by atoms with van der Waals surface area (Å²) < 4.78 is 0. The van der Waals surface area contributed by atoms with E-state index in [1.54, 1.807) is 0 Å². The Labute approximate surface area is 55.3 Å². The molecule has 0 aromatic carbocycles. The van der Waals surface area contributed by atoms with Crippen LogP contribution in [0, 0.1) is 5.92 Å². The lowest BCUT2D eigenvalue weighted by molar-refractivity contribution is 0.0316. The first kappa shape index (κ1) is 5.69. The molecule has 3 rings (SSSR count). The van der Waals surface area contributed by atoms with E-state index in [0.717, 1.165) is 18.9 Å². The van der Waals surface area contributed by atoms with Crippen molar-refractivity contribution in [1.29, 1.82) is 0 Å². The van der Waals surface area contributed by atoms with Gasteiger partial charge in [0.25, 0.3) is 0 Å². The second kappa shape index (κ2) is 1.96. The van der Waals surface area contributed by atoms with Gasteiger partial charge in [0.2, 0.25) is 0 Å². The first-order chi connectivity index (χ1) is 4.36. The number of hydrogen-bond acceptors (Lipinski definition) is 2. The van der Waals surface area contributed by atoms with Crippen molar-refractivity contribution in [2.24, 2.45) is 5.92 Å². The molecule has 2 N–H and O–H groups in total. The Hall–Kier alpha value is -0.0800. The van der Waals surface area contributed by atoms with Crippen molar-refractivity contribution < 1.29 is 5.11 Å². The van der Waals surface area contributed by atoms with Gasteiger partial charge in [-0.2, -0.15) is 0 Å². The molecule has 3 fully saturated rings. The Morgan fingerprint density at radius 1 is 1.33 bits per heavy atom. The molecule has 0 aromatic rings. The monoisotopic (exact) mass is 127 g/mol. The van der Waals surface area contributed by atoms with Gasteiger partial charge in [0.05, 0.1) is 6.10 Å². The molecular weight excluding hydrogens is 114 g/mol. The third-order valence-electron chi connectivity index (χ3n) is 2.59. The number of hydrogen-bond donors (Lipinski definition) is 2. The number of aliphatic hydroxyl groups is 1. The molecule has 3 atom stereocenters. The second-order valence-corrected chi connectivity index (χ2v) is 3.26. The molecule has 1 unspecified atom stereocenters. The van der Waals surface area contributed by atoms with Crippen LogP contribution < -0.4 is 5.32 Å². The Bertz CT molecular complexity index is 107. The highest BCUT2D eigenvalue weighted by molar-refractivity contribution is 4.90. The van der Waals surface area contributed by atoms with E-state index in [-0.39, 0.29) is 6.10 Å². The van der Waals surface area contributed by atoms with Gasteiger partial charge in [-0.15, -0.1) is 0 Å². The van der Waals surface area contributed by atoms with Crippen LogP contribution in [0.2, 0.25) is 0 Å². The highest BCUT2D eigenvalue weighted by Gasteiger charge is 2.33. The van der Waals surface area contributed by atoms with Crippen LogP contribution >= 0.6 is 0 Å². The molecule has 2 nitrogen and oxygen atoms in total. The predicted molar refractivity (Wildman–Crippen MR) is 35.1 cm³/mol. The number of aliphatic hydroxyl groups excluding tert-OH is 1. The van der Waals surface area contributed by atoms with Crippen LogP contribution in [0.3, 0.4) is 0 Å². The first-order valence-corrected chi connectivity index (χ1v) is 3.78. The van der Waals surface area contributed by atoms with Gasteiger partial charge in [0.15, 0.2) is 0 Å². The minimum absolute atomic E-state index is 0.0440. The van der Waals surface area contributed by atoms with Crippen molar-refractivity contribution in [3.05, 3.63) is 0 Å². The summed E-state index contributed by atoms with van der Waals surface area (Å²) in [7, 11) is 0. The van der Waals surface area contributed by atoms with E-state index in [1.807, 2.05) is 0 Å². The maximum Gasteiger partial charge on any atom is 0.0696 e. The zero-order chi connectivity index (χ0) is 6.27. The third-order valence-corrected chi connectivity index (χ3v) is 2.59. The molecule has 1 saturated carbocycles. The summed E-state index contributed by atoms with van der Waals surface area (Å²) in [6.07, 6.45) is 3.51. The SMILES string of the molecule is OC1C[C@H]2CC[C@@H]1NC2. The van der Waals surface area contributed by atoms with E-state index in [4.69, 9.17) is 0 Å². The Kier molecular flexibility index (Phi) is 1.24. The Morgan fingerprint density at radius 3 is 2.44 bits per heavy atom. The van der Waals surface area contributed by atoms with Gasteiger partial charge in [-0.3, -0.25) is 0 Å². The van der Waals surface area contributed by atoms with Crippen LogP contribution in [0.4, 0.5) is 0 Å². The smallest absolute Gasteiger partial charge is 0.0696 e. The quantitative estimate of drug-likeness (QED) is 0.484. The summed E-state index contributed by atoms with van der Waals surface area (Å²) in [5, 5.41) is 12.7. The van der Waals surface area contributed by atoms with Crippen LogP contribution in [-0.4, -0.2) is 23.8 Å². The highest BCUT2D eigenvalue weighted by atomic mass is 16.3. The molecule has 0 radical (unpaired) electrons. The zero-order valence-corrected chi connectivity index (χ0v) is 5.51. The first-order valence-electron chi connectivity index (χ1n) is 3.78. The largest absolute Gasteiger partial charge is 0.391 e. The molecule has 3 aliphatic rings. The maximum absolute atomic E-state index is 9.34. The average Bonchev–Trinajstić information content (AvgIpc) is 1.90. The van der Waals surface area contributed by atoms with Gasteiger partial charge < -0.3 is 10.4 Å². The molecule has 9 heavy (non-hydrogen) atoms. The van der Waals surface area contributed by atoms with E-state index in [1.165, 1.54) is 12.8 Å². The summed E-state index contributed by atoms with van der Waals surface area (Å²) in [6, 6.07) is 0.426. The van der Waals surface area contributed by atoms with Gasteiger partial charge in [0.1, 0.15) is 0 Å². The summed E-state index contributed by atoms with van der Waals surface area (Å²) >= 11 is 0. The minimum atomic E-state index is -0.0440. The molecule has 2 saturated heterocycles. The lowest BCUT2D eigenvalue weighted by Crippen LogP contribution is -2.52.